The number of thiophene rings is 1. The summed E-state index contributed by atoms with van der Waals surface area (Å²) < 4.78 is 2.17. The van der Waals surface area contributed by atoms with Crippen molar-refractivity contribution in [3.05, 3.63) is 40.4 Å². The molecule has 0 bridgehead atoms. The van der Waals surface area contributed by atoms with Crippen LogP contribution in [-0.4, -0.2) is 0 Å². The summed E-state index contributed by atoms with van der Waals surface area (Å²) in [6.07, 6.45) is 0. The van der Waals surface area contributed by atoms with Crippen molar-refractivity contribution in [2.45, 2.75) is 0 Å². The van der Waals surface area contributed by atoms with Gasteiger partial charge in [-0.2, -0.15) is 0 Å². The van der Waals surface area contributed by atoms with Gasteiger partial charge in [-0.05, 0) is 12.1 Å². The third-order valence-corrected chi connectivity index (χ3v) is 4.59. The Labute approximate surface area is 106 Å². The molecule has 0 atom stereocenters. The van der Waals surface area contributed by atoms with Crippen molar-refractivity contribution in [3.8, 4) is 0 Å². The zero-order valence-electron chi connectivity index (χ0n) is 8.13. The van der Waals surface area contributed by atoms with Gasteiger partial charge in [-0.1, -0.05) is 41.4 Å². The molecule has 0 spiro atoms. The van der Waals surface area contributed by atoms with Crippen LogP contribution in [0.3, 0.4) is 0 Å². The summed E-state index contributed by atoms with van der Waals surface area (Å²) in [4.78, 5) is 0. The van der Waals surface area contributed by atoms with E-state index in [2.05, 4.69) is 6.07 Å². The smallest absolute Gasteiger partial charge is 0.0729 e. The average Bonchev–Trinajstić information content (AvgIpc) is 2.66. The van der Waals surface area contributed by atoms with E-state index in [0.29, 0.717) is 15.7 Å². The topological polar surface area (TPSA) is 26.0 Å². The van der Waals surface area contributed by atoms with Crippen LogP contribution in [0.5, 0.6) is 0 Å². The maximum absolute atomic E-state index is 6.24. The van der Waals surface area contributed by atoms with Gasteiger partial charge >= 0.3 is 0 Å². The van der Waals surface area contributed by atoms with Crippen molar-refractivity contribution in [1.29, 1.82) is 0 Å². The first-order valence-electron chi connectivity index (χ1n) is 4.73. The van der Waals surface area contributed by atoms with Crippen LogP contribution in [0.2, 0.25) is 10.0 Å². The molecule has 0 aliphatic heterocycles. The van der Waals surface area contributed by atoms with Gasteiger partial charge < -0.3 is 5.73 Å². The zero-order valence-corrected chi connectivity index (χ0v) is 10.5. The second-order valence-electron chi connectivity index (χ2n) is 3.56. The van der Waals surface area contributed by atoms with Crippen LogP contribution in [-0.2, 0) is 0 Å². The maximum Gasteiger partial charge on any atom is 0.0729 e. The first-order chi connectivity index (χ1) is 7.68. The van der Waals surface area contributed by atoms with Gasteiger partial charge in [-0.25, -0.2) is 0 Å². The van der Waals surface area contributed by atoms with Gasteiger partial charge in [0.2, 0.25) is 0 Å². The lowest BCUT2D eigenvalue weighted by Gasteiger charge is -2.01. The molecular weight excluding hydrogens is 261 g/mol. The van der Waals surface area contributed by atoms with Gasteiger partial charge in [0.1, 0.15) is 0 Å². The Morgan fingerprint density at radius 2 is 1.88 bits per heavy atom. The largest absolute Gasteiger partial charge is 0.397 e. The van der Waals surface area contributed by atoms with Gasteiger partial charge in [0.05, 0.1) is 20.4 Å². The summed E-state index contributed by atoms with van der Waals surface area (Å²) in [7, 11) is 0. The Morgan fingerprint density at radius 1 is 1.12 bits per heavy atom. The summed E-state index contributed by atoms with van der Waals surface area (Å²) in [6.45, 7) is 0. The van der Waals surface area contributed by atoms with Crippen LogP contribution in [0, 0.1) is 0 Å². The Kier molecular flexibility index (Phi) is 2.25. The summed E-state index contributed by atoms with van der Waals surface area (Å²) in [5, 5.41) is 3.34. The third kappa shape index (κ3) is 1.31. The monoisotopic (exact) mass is 267 g/mol. The van der Waals surface area contributed by atoms with Gasteiger partial charge in [0, 0.05) is 15.5 Å². The summed E-state index contributed by atoms with van der Waals surface area (Å²) in [5.41, 5.74) is 6.36. The number of hydrogen-bond donors (Lipinski definition) is 1. The van der Waals surface area contributed by atoms with E-state index in [0.717, 1.165) is 15.5 Å². The van der Waals surface area contributed by atoms with Gasteiger partial charge in [-0.3, -0.25) is 0 Å². The van der Waals surface area contributed by atoms with Crippen LogP contribution in [0.4, 0.5) is 5.69 Å². The fourth-order valence-electron chi connectivity index (χ4n) is 1.84. The summed E-state index contributed by atoms with van der Waals surface area (Å²) in [5.74, 6) is 0. The summed E-state index contributed by atoms with van der Waals surface area (Å²) in [6, 6.07) is 9.80. The normalized spacial score (nSPS) is 11.4. The highest BCUT2D eigenvalue weighted by Gasteiger charge is 2.13. The van der Waals surface area contributed by atoms with Crippen molar-refractivity contribution in [2.75, 3.05) is 5.73 Å². The SMILES string of the molecule is Nc1cc(Cl)c2sc3ccccc3c2c1Cl. The highest BCUT2D eigenvalue weighted by molar-refractivity contribution is 7.26. The van der Waals surface area contributed by atoms with Crippen LogP contribution < -0.4 is 5.73 Å². The van der Waals surface area contributed by atoms with Crippen molar-refractivity contribution >= 4 is 60.4 Å². The van der Waals surface area contributed by atoms with Crippen LogP contribution in [0.15, 0.2) is 30.3 Å². The number of anilines is 1. The van der Waals surface area contributed by atoms with Crippen molar-refractivity contribution in [2.24, 2.45) is 0 Å². The second kappa shape index (κ2) is 3.52. The molecule has 16 heavy (non-hydrogen) atoms. The Hall–Kier alpha value is -0.960. The molecule has 0 aliphatic carbocycles. The van der Waals surface area contributed by atoms with E-state index < -0.39 is 0 Å². The lowest BCUT2D eigenvalue weighted by Crippen LogP contribution is -1.86. The molecule has 1 nitrogen and oxygen atoms in total. The fourth-order valence-corrected chi connectivity index (χ4v) is 3.59. The van der Waals surface area contributed by atoms with E-state index >= 15 is 0 Å². The number of rotatable bonds is 0. The van der Waals surface area contributed by atoms with Crippen molar-refractivity contribution in [1.82, 2.24) is 0 Å². The van der Waals surface area contributed by atoms with Gasteiger partial charge in [0.25, 0.3) is 0 Å². The number of nitrogens with two attached hydrogens (primary N) is 1. The van der Waals surface area contributed by atoms with Crippen LogP contribution in [0.1, 0.15) is 0 Å². The van der Waals surface area contributed by atoms with Crippen LogP contribution in [0.25, 0.3) is 20.2 Å². The first kappa shape index (κ1) is 10.2. The Bertz CT molecular complexity index is 703. The molecule has 0 amide bonds. The van der Waals surface area contributed by atoms with E-state index in [1.54, 1.807) is 17.4 Å². The minimum absolute atomic E-state index is 0.530. The lowest BCUT2D eigenvalue weighted by molar-refractivity contribution is 1.78. The average molecular weight is 268 g/mol. The second-order valence-corrected chi connectivity index (χ2v) is 5.40. The van der Waals surface area contributed by atoms with Crippen molar-refractivity contribution in [3.63, 3.8) is 0 Å². The van der Waals surface area contributed by atoms with E-state index in [1.165, 1.54) is 4.70 Å². The number of nitrogen functional groups attached to an aromatic ring is 1. The Morgan fingerprint density at radius 3 is 2.69 bits per heavy atom. The minimum Gasteiger partial charge on any atom is -0.397 e. The molecule has 0 saturated heterocycles. The van der Waals surface area contributed by atoms with Crippen LogP contribution >= 0.6 is 34.5 Å². The predicted molar refractivity (Wildman–Crippen MR) is 73.8 cm³/mol. The molecule has 80 valence electrons. The van der Waals surface area contributed by atoms with E-state index in [4.69, 9.17) is 28.9 Å². The molecule has 3 rings (SSSR count). The van der Waals surface area contributed by atoms with E-state index in [1.807, 2.05) is 18.2 Å². The van der Waals surface area contributed by atoms with E-state index in [-0.39, 0.29) is 0 Å². The quantitative estimate of drug-likeness (QED) is 0.574. The van der Waals surface area contributed by atoms with Gasteiger partial charge in [0.15, 0.2) is 0 Å². The molecule has 4 heteroatoms. The molecule has 0 fully saturated rings. The first-order valence-corrected chi connectivity index (χ1v) is 6.30. The molecule has 1 aromatic heterocycles. The molecule has 2 N–H and O–H groups in total. The molecule has 0 radical (unpaired) electrons. The van der Waals surface area contributed by atoms with Crippen molar-refractivity contribution < 1.29 is 0 Å². The zero-order chi connectivity index (χ0) is 11.3. The number of fused-ring (bicyclic) bond motifs is 3. The molecule has 0 aliphatic rings. The fraction of sp³-hybridized carbons (Fsp3) is 0. The highest BCUT2D eigenvalue weighted by Crippen LogP contribution is 2.44. The van der Waals surface area contributed by atoms with E-state index in [9.17, 15) is 0 Å². The molecule has 3 aromatic rings. The number of hydrogen-bond acceptors (Lipinski definition) is 2. The maximum atomic E-state index is 6.24. The molecule has 0 saturated carbocycles. The molecule has 1 heterocycles. The summed E-state index contributed by atoms with van der Waals surface area (Å²) >= 11 is 14.1. The predicted octanol–water partition coefficient (Wildman–Crippen LogP) is 4.94. The standard InChI is InChI=1S/C12H7Cl2NS/c13-7-5-8(15)11(14)10-6-3-1-2-4-9(6)16-12(7)10/h1-5H,15H2. The third-order valence-electron chi connectivity index (χ3n) is 2.57. The lowest BCUT2D eigenvalue weighted by atomic mass is 10.1. The number of benzene rings is 2. The number of halogens is 2. The molecular formula is C12H7Cl2NS. The Balaban J connectivity index is 2.66. The molecule has 2 aromatic carbocycles. The minimum atomic E-state index is 0.530. The molecule has 0 unspecified atom stereocenters. The highest BCUT2D eigenvalue weighted by atomic mass is 35.5. The van der Waals surface area contributed by atoms with Gasteiger partial charge in [-0.15, -0.1) is 11.3 Å².